The van der Waals surface area contributed by atoms with Crippen molar-refractivity contribution in [3.63, 3.8) is 0 Å². The van der Waals surface area contributed by atoms with E-state index in [1.807, 2.05) is 0 Å². The molecule has 0 saturated carbocycles. The van der Waals surface area contributed by atoms with Crippen LogP contribution in [-0.4, -0.2) is 59.9 Å². The minimum atomic E-state index is -1.11. The van der Waals surface area contributed by atoms with E-state index in [0.29, 0.717) is 26.2 Å². The van der Waals surface area contributed by atoms with Crippen molar-refractivity contribution in [2.24, 2.45) is 0 Å². The summed E-state index contributed by atoms with van der Waals surface area (Å²) in [6, 6.07) is 0. The fourth-order valence-corrected chi connectivity index (χ4v) is 2.50. The van der Waals surface area contributed by atoms with Crippen molar-refractivity contribution in [3.05, 3.63) is 0 Å². The second-order valence-corrected chi connectivity index (χ2v) is 4.96. The molecule has 1 N–H and O–H groups in total. The number of piperidine rings is 1. The van der Waals surface area contributed by atoms with Gasteiger partial charge in [-0.1, -0.05) is 0 Å². The first-order valence-corrected chi connectivity index (χ1v) is 6.30. The first-order valence-electron chi connectivity index (χ1n) is 6.30. The van der Waals surface area contributed by atoms with Gasteiger partial charge in [0.25, 0.3) is 5.91 Å². The third kappa shape index (κ3) is 2.35. The Kier molecular flexibility index (Phi) is 3.87. The van der Waals surface area contributed by atoms with Crippen molar-refractivity contribution in [2.45, 2.75) is 37.8 Å². The van der Waals surface area contributed by atoms with E-state index in [2.05, 4.69) is 0 Å². The third-order valence-electron chi connectivity index (χ3n) is 3.71. The van der Waals surface area contributed by atoms with Crippen molar-refractivity contribution in [2.75, 3.05) is 26.4 Å². The van der Waals surface area contributed by atoms with Crippen LogP contribution in [0.15, 0.2) is 0 Å². The van der Waals surface area contributed by atoms with Gasteiger partial charge in [-0.05, 0) is 26.2 Å². The average molecular weight is 257 g/mol. The summed E-state index contributed by atoms with van der Waals surface area (Å²) >= 11 is 0. The summed E-state index contributed by atoms with van der Waals surface area (Å²) in [7, 11) is 0. The first-order chi connectivity index (χ1) is 8.55. The molecule has 2 aliphatic heterocycles. The van der Waals surface area contributed by atoms with Gasteiger partial charge in [-0.2, -0.15) is 0 Å². The van der Waals surface area contributed by atoms with Gasteiger partial charge < -0.3 is 19.5 Å². The normalized spacial score (nSPS) is 33.2. The Balaban J connectivity index is 2.13. The lowest BCUT2D eigenvalue weighted by molar-refractivity contribution is -0.174. The van der Waals surface area contributed by atoms with Gasteiger partial charge in [-0.25, -0.2) is 4.79 Å². The highest BCUT2D eigenvalue weighted by atomic mass is 16.6. The predicted octanol–water partition coefficient (Wildman–Crippen LogP) is 0.258. The molecule has 18 heavy (non-hydrogen) atoms. The van der Waals surface area contributed by atoms with Crippen LogP contribution in [0.2, 0.25) is 0 Å². The van der Waals surface area contributed by atoms with E-state index in [1.165, 1.54) is 4.90 Å². The maximum Gasteiger partial charge on any atom is 0.329 e. The zero-order chi connectivity index (χ0) is 13.2. The minimum Gasteiger partial charge on any atom is -0.480 e. The summed E-state index contributed by atoms with van der Waals surface area (Å²) in [5.74, 6) is -1.22. The molecule has 0 aromatic rings. The van der Waals surface area contributed by atoms with E-state index in [-0.39, 0.29) is 12.5 Å². The summed E-state index contributed by atoms with van der Waals surface area (Å²) in [6.07, 6.45) is 1.49. The van der Waals surface area contributed by atoms with Gasteiger partial charge in [0.2, 0.25) is 0 Å². The van der Waals surface area contributed by atoms with E-state index in [1.54, 1.807) is 6.92 Å². The van der Waals surface area contributed by atoms with Crippen molar-refractivity contribution < 1.29 is 24.2 Å². The number of hydrogen-bond acceptors (Lipinski definition) is 4. The van der Waals surface area contributed by atoms with Gasteiger partial charge in [0.1, 0.15) is 5.54 Å². The molecule has 2 heterocycles. The molecule has 2 rings (SSSR count). The largest absolute Gasteiger partial charge is 0.480 e. The number of carboxylic acids is 1. The number of rotatable bonds is 2. The topological polar surface area (TPSA) is 76.1 Å². The molecular weight excluding hydrogens is 238 g/mol. The Hall–Kier alpha value is -1.14. The van der Waals surface area contributed by atoms with Crippen molar-refractivity contribution in [1.82, 2.24) is 4.90 Å². The van der Waals surface area contributed by atoms with Crippen molar-refractivity contribution >= 4 is 11.9 Å². The number of carbonyl (C=O) groups excluding carboxylic acids is 1. The highest BCUT2D eigenvalue weighted by Gasteiger charge is 2.46. The minimum absolute atomic E-state index is 0.213. The van der Waals surface area contributed by atoms with E-state index in [4.69, 9.17) is 9.47 Å². The molecule has 0 aromatic carbocycles. The van der Waals surface area contributed by atoms with Crippen molar-refractivity contribution in [1.29, 1.82) is 0 Å². The molecule has 2 atom stereocenters. The molecule has 0 aromatic heterocycles. The smallest absolute Gasteiger partial charge is 0.329 e. The molecule has 6 heteroatoms. The number of hydrogen-bond donors (Lipinski definition) is 1. The number of aliphatic carboxylic acids is 1. The average Bonchev–Trinajstić information content (AvgIpc) is 2.39. The van der Waals surface area contributed by atoms with Crippen LogP contribution >= 0.6 is 0 Å². The van der Waals surface area contributed by atoms with Crippen LogP contribution in [0.3, 0.4) is 0 Å². The van der Waals surface area contributed by atoms with E-state index in [0.717, 1.165) is 12.8 Å². The Labute approximate surface area is 106 Å². The van der Waals surface area contributed by atoms with Gasteiger partial charge >= 0.3 is 5.97 Å². The summed E-state index contributed by atoms with van der Waals surface area (Å²) in [5.41, 5.74) is -1.11. The Morgan fingerprint density at radius 3 is 2.72 bits per heavy atom. The number of ether oxygens (including phenoxy) is 2. The lowest BCUT2D eigenvalue weighted by Crippen LogP contribution is -2.60. The zero-order valence-electron chi connectivity index (χ0n) is 10.6. The highest BCUT2D eigenvalue weighted by molar-refractivity contribution is 5.89. The Morgan fingerprint density at radius 1 is 1.33 bits per heavy atom. The van der Waals surface area contributed by atoms with Gasteiger partial charge in [-0.3, -0.25) is 4.79 Å². The van der Waals surface area contributed by atoms with Crippen LogP contribution in [0.25, 0.3) is 0 Å². The van der Waals surface area contributed by atoms with Crippen LogP contribution in [0.5, 0.6) is 0 Å². The standard InChI is InChI=1S/C12H19NO5/c1-12(11(15)16)4-2-3-5-13(12)10(14)9-8-17-6-7-18-9/h9H,2-8H2,1H3,(H,15,16). The summed E-state index contributed by atoms with van der Waals surface area (Å²) < 4.78 is 10.6. The van der Waals surface area contributed by atoms with Crippen LogP contribution in [0.4, 0.5) is 0 Å². The molecule has 102 valence electrons. The molecule has 0 radical (unpaired) electrons. The van der Waals surface area contributed by atoms with Crippen LogP contribution < -0.4 is 0 Å². The lowest BCUT2D eigenvalue weighted by Gasteiger charge is -2.43. The molecule has 2 saturated heterocycles. The van der Waals surface area contributed by atoms with Gasteiger partial charge in [0, 0.05) is 6.54 Å². The quantitative estimate of drug-likeness (QED) is 0.767. The highest BCUT2D eigenvalue weighted by Crippen LogP contribution is 2.29. The van der Waals surface area contributed by atoms with Gasteiger partial charge in [0.15, 0.2) is 6.10 Å². The molecule has 2 fully saturated rings. The molecule has 0 aliphatic carbocycles. The van der Waals surface area contributed by atoms with E-state index in [9.17, 15) is 14.7 Å². The number of carboxylic acid groups (broad SMARTS) is 1. The molecule has 0 spiro atoms. The molecule has 6 nitrogen and oxygen atoms in total. The molecule has 2 unspecified atom stereocenters. The van der Waals surface area contributed by atoms with Crippen LogP contribution in [-0.2, 0) is 19.1 Å². The first kappa shape index (κ1) is 13.3. The van der Waals surface area contributed by atoms with E-state index >= 15 is 0 Å². The molecule has 2 aliphatic rings. The second kappa shape index (κ2) is 5.24. The van der Waals surface area contributed by atoms with Crippen LogP contribution in [0, 0.1) is 0 Å². The second-order valence-electron chi connectivity index (χ2n) is 4.96. The Morgan fingerprint density at radius 2 is 2.11 bits per heavy atom. The fourth-order valence-electron chi connectivity index (χ4n) is 2.50. The molecule has 1 amide bonds. The number of carbonyl (C=O) groups is 2. The summed E-state index contributed by atoms with van der Waals surface area (Å²) in [4.78, 5) is 25.2. The fraction of sp³-hybridized carbons (Fsp3) is 0.833. The molecular formula is C12H19NO5. The number of nitrogens with zero attached hydrogens (tertiary/aromatic N) is 1. The van der Waals surface area contributed by atoms with E-state index < -0.39 is 17.6 Å². The number of amides is 1. The van der Waals surface area contributed by atoms with Gasteiger partial charge in [0.05, 0.1) is 19.8 Å². The summed E-state index contributed by atoms with van der Waals surface area (Å²) in [6.45, 7) is 3.16. The third-order valence-corrected chi connectivity index (χ3v) is 3.71. The lowest BCUT2D eigenvalue weighted by atomic mass is 9.88. The Bertz CT molecular complexity index is 339. The zero-order valence-corrected chi connectivity index (χ0v) is 10.6. The maximum absolute atomic E-state index is 12.3. The summed E-state index contributed by atoms with van der Waals surface area (Å²) in [5, 5.41) is 9.35. The number of likely N-dealkylation sites (tertiary alicyclic amines) is 1. The monoisotopic (exact) mass is 257 g/mol. The van der Waals surface area contributed by atoms with Crippen LogP contribution in [0.1, 0.15) is 26.2 Å². The SMILES string of the molecule is CC1(C(=O)O)CCCCN1C(=O)C1COCCO1. The predicted molar refractivity (Wildman–Crippen MR) is 62.2 cm³/mol. The van der Waals surface area contributed by atoms with Crippen molar-refractivity contribution in [3.8, 4) is 0 Å². The van der Waals surface area contributed by atoms with Gasteiger partial charge in [-0.15, -0.1) is 0 Å². The maximum atomic E-state index is 12.3. The molecule has 0 bridgehead atoms.